The first kappa shape index (κ1) is 22.0. The van der Waals surface area contributed by atoms with Crippen LogP contribution in [0, 0.1) is 0 Å². The van der Waals surface area contributed by atoms with E-state index >= 15 is 0 Å². The molecule has 166 valence electrons. The summed E-state index contributed by atoms with van der Waals surface area (Å²) in [6, 6.07) is 19.1. The van der Waals surface area contributed by atoms with Crippen LogP contribution in [-0.4, -0.2) is 20.7 Å². The van der Waals surface area contributed by atoms with Crippen LogP contribution in [0.5, 0.6) is 11.5 Å². The molecule has 33 heavy (non-hydrogen) atoms. The van der Waals surface area contributed by atoms with E-state index in [2.05, 4.69) is 20.7 Å². The Labute approximate surface area is 194 Å². The zero-order chi connectivity index (χ0) is 23.2. The highest BCUT2D eigenvalue weighted by atomic mass is 35.5. The van der Waals surface area contributed by atoms with Crippen LogP contribution in [0.1, 0.15) is 16.1 Å². The minimum atomic E-state index is -0.383. The van der Waals surface area contributed by atoms with E-state index in [0.29, 0.717) is 28.6 Å². The fraction of sp³-hybridized carbons (Fsp3) is 0.0833. The number of amides is 1. The molecule has 0 radical (unpaired) electrons. The molecule has 1 amide bonds. The number of hydrogen-bond donors (Lipinski definition) is 2. The molecule has 8 nitrogen and oxygen atoms in total. The van der Waals surface area contributed by atoms with Gasteiger partial charge in [0.1, 0.15) is 5.75 Å². The fourth-order valence-corrected chi connectivity index (χ4v) is 3.13. The van der Waals surface area contributed by atoms with Crippen molar-refractivity contribution >= 4 is 28.9 Å². The first-order valence-corrected chi connectivity index (χ1v) is 10.4. The van der Waals surface area contributed by atoms with Gasteiger partial charge in [0.2, 0.25) is 0 Å². The zero-order valence-electron chi connectivity index (χ0n) is 17.7. The van der Waals surface area contributed by atoms with E-state index in [1.807, 2.05) is 18.2 Å². The van der Waals surface area contributed by atoms with E-state index in [4.69, 9.17) is 16.3 Å². The summed E-state index contributed by atoms with van der Waals surface area (Å²) in [6.45, 7) is 0.307. The lowest BCUT2D eigenvalue weighted by molar-refractivity contribution is 0.0950. The first-order chi connectivity index (χ1) is 16.0. The van der Waals surface area contributed by atoms with Gasteiger partial charge in [-0.05, 0) is 54.6 Å². The summed E-state index contributed by atoms with van der Waals surface area (Å²) < 4.78 is 7.05. The third kappa shape index (κ3) is 5.55. The van der Waals surface area contributed by atoms with E-state index in [0.717, 1.165) is 5.69 Å². The highest BCUT2D eigenvalue weighted by Gasteiger charge is 2.14. The number of rotatable bonds is 7. The van der Waals surface area contributed by atoms with Crippen molar-refractivity contribution in [2.24, 2.45) is 7.05 Å². The maximum atomic E-state index is 12.8. The monoisotopic (exact) mass is 461 g/mol. The third-order valence-electron chi connectivity index (χ3n) is 4.69. The number of benzene rings is 2. The van der Waals surface area contributed by atoms with Crippen molar-refractivity contribution in [2.75, 3.05) is 5.32 Å². The SMILES string of the molecule is Cn1ncc(Oc2ccc(Cl)cc2)c(Nc2cccc(C(=O)NCc3ccccn3)c2)c1=O. The van der Waals surface area contributed by atoms with Crippen LogP contribution in [-0.2, 0) is 13.6 Å². The molecule has 0 atom stereocenters. The number of ether oxygens (including phenoxy) is 1. The Kier molecular flexibility index (Phi) is 6.66. The number of aromatic nitrogens is 3. The Morgan fingerprint density at radius 3 is 2.67 bits per heavy atom. The lowest BCUT2D eigenvalue weighted by Gasteiger charge is -2.14. The van der Waals surface area contributed by atoms with Gasteiger partial charge in [0.05, 0.1) is 18.4 Å². The molecule has 2 aromatic heterocycles. The van der Waals surface area contributed by atoms with Crippen molar-refractivity contribution in [3.05, 3.63) is 106 Å². The number of nitrogens with zero attached hydrogens (tertiary/aromatic N) is 3. The molecular weight excluding hydrogens is 442 g/mol. The molecule has 4 rings (SSSR count). The van der Waals surface area contributed by atoms with Crippen molar-refractivity contribution < 1.29 is 9.53 Å². The molecule has 0 aliphatic rings. The molecule has 0 unspecified atom stereocenters. The number of hydrogen-bond acceptors (Lipinski definition) is 6. The van der Waals surface area contributed by atoms with Crippen molar-refractivity contribution in [1.29, 1.82) is 0 Å². The molecule has 0 spiro atoms. The summed E-state index contributed by atoms with van der Waals surface area (Å²) in [5.41, 5.74) is 1.54. The largest absolute Gasteiger partial charge is 0.453 e. The molecule has 0 saturated carbocycles. The Balaban J connectivity index is 1.55. The lowest BCUT2D eigenvalue weighted by Crippen LogP contribution is -2.24. The van der Waals surface area contributed by atoms with E-state index in [1.54, 1.807) is 61.8 Å². The third-order valence-corrected chi connectivity index (χ3v) is 4.95. The molecular formula is C24H20ClN5O3. The Bertz CT molecular complexity index is 1320. The van der Waals surface area contributed by atoms with Gasteiger partial charge in [-0.15, -0.1) is 0 Å². The number of pyridine rings is 1. The Hall–Kier alpha value is -4.17. The normalized spacial score (nSPS) is 10.5. The van der Waals surface area contributed by atoms with Gasteiger partial charge < -0.3 is 15.4 Å². The quantitative estimate of drug-likeness (QED) is 0.426. The first-order valence-electron chi connectivity index (χ1n) is 10.0. The second-order valence-corrected chi connectivity index (χ2v) is 7.51. The average Bonchev–Trinajstić information content (AvgIpc) is 2.84. The van der Waals surface area contributed by atoms with Crippen LogP contribution in [0.4, 0.5) is 11.4 Å². The molecule has 9 heteroatoms. The summed E-state index contributed by atoms with van der Waals surface area (Å²) in [7, 11) is 1.54. The lowest BCUT2D eigenvalue weighted by atomic mass is 10.2. The summed E-state index contributed by atoms with van der Waals surface area (Å²) >= 11 is 5.93. The van der Waals surface area contributed by atoms with Crippen LogP contribution < -0.4 is 20.9 Å². The maximum absolute atomic E-state index is 12.8. The average molecular weight is 462 g/mol. The second kappa shape index (κ2) is 9.97. The van der Waals surface area contributed by atoms with Crippen molar-refractivity contribution in [3.63, 3.8) is 0 Å². The summed E-state index contributed by atoms with van der Waals surface area (Å²) in [6.07, 6.45) is 3.12. The van der Waals surface area contributed by atoms with Crippen LogP contribution in [0.3, 0.4) is 0 Å². The Morgan fingerprint density at radius 1 is 1.09 bits per heavy atom. The van der Waals surface area contributed by atoms with Crippen LogP contribution in [0.2, 0.25) is 5.02 Å². The van der Waals surface area contributed by atoms with Crippen molar-refractivity contribution in [2.45, 2.75) is 6.54 Å². The molecule has 4 aromatic rings. The summed E-state index contributed by atoms with van der Waals surface area (Å²) in [4.78, 5) is 29.6. The van der Waals surface area contributed by atoms with Gasteiger partial charge in [-0.2, -0.15) is 5.10 Å². The van der Waals surface area contributed by atoms with Crippen LogP contribution in [0.25, 0.3) is 0 Å². The van der Waals surface area contributed by atoms with Crippen molar-refractivity contribution in [3.8, 4) is 11.5 Å². The molecule has 2 N–H and O–H groups in total. The molecule has 0 fully saturated rings. The van der Waals surface area contributed by atoms with Crippen LogP contribution in [0.15, 0.2) is 83.9 Å². The van der Waals surface area contributed by atoms with Crippen molar-refractivity contribution in [1.82, 2.24) is 20.1 Å². The van der Waals surface area contributed by atoms with Gasteiger partial charge in [-0.25, -0.2) is 4.68 Å². The predicted molar refractivity (Wildman–Crippen MR) is 126 cm³/mol. The number of halogens is 1. The van der Waals surface area contributed by atoms with Gasteiger partial charge in [0.15, 0.2) is 11.4 Å². The Morgan fingerprint density at radius 2 is 1.91 bits per heavy atom. The highest BCUT2D eigenvalue weighted by molar-refractivity contribution is 6.30. The smallest absolute Gasteiger partial charge is 0.294 e. The van der Waals surface area contributed by atoms with Gasteiger partial charge in [0.25, 0.3) is 11.5 Å². The van der Waals surface area contributed by atoms with E-state index in [9.17, 15) is 9.59 Å². The van der Waals surface area contributed by atoms with Gasteiger partial charge in [-0.3, -0.25) is 14.6 Å². The minimum absolute atomic E-state index is 0.188. The summed E-state index contributed by atoms with van der Waals surface area (Å²) in [5, 5.41) is 10.5. The zero-order valence-corrected chi connectivity index (χ0v) is 18.4. The van der Waals surface area contributed by atoms with Gasteiger partial charge in [-0.1, -0.05) is 23.7 Å². The second-order valence-electron chi connectivity index (χ2n) is 7.08. The molecule has 2 heterocycles. The van der Waals surface area contributed by atoms with Gasteiger partial charge in [0, 0.05) is 29.5 Å². The molecule has 0 saturated heterocycles. The van der Waals surface area contributed by atoms with E-state index in [1.165, 1.54) is 10.9 Å². The maximum Gasteiger partial charge on any atom is 0.294 e. The van der Waals surface area contributed by atoms with E-state index in [-0.39, 0.29) is 22.9 Å². The predicted octanol–water partition coefficient (Wildman–Crippen LogP) is 4.29. The fourth-order valence-electron chi connectivity index (χ4n) is 3.00. The highest BCUT2D eigenvalue weighted by Crippen LogP contribution is 2.29. The van der Waals surface area contributed by atoms with E-state index < -0.39 is 0 Å². The molecule has 2 aromatic carbocycles. The number of carbonyl (C=O) groups is 1. The molecule has 0 aliphatic carbocycles. The van der Waals surface area contributed by atoms with Crippen LogP contribution >= 0.6 is 11.6 Å². The minimum Gasteiger partial charge on any atom is -0.453 e. The molecule has 0 bridgehead atoms. The summed E-state index contributed by atoms with van der Waals surface area (Å²) in [5.74, 6) is 0.482. The standard InChI is InChI=1S/C24H20ClN5O3/c1-30-24(32)22(21(15-28-30)33-20-10-8-17(25)9-11-20)29-18-7-4-5-16(13-18)23(31)27-14-19-6-2-3-12-26-19/h2-13,15,29H,14H2,1H3,(H,27,31). The molecule has 0 aliphatic heterocycles. The number of anilines is 2. The number of carbonyl (C=O) groups excluding carboxylic acids is 1. The number of aryl methyl sites for hydroxylation is 1. The number of nitrogens with one attached hydrogen (secondary N) is 2. The van der Waals surface area contributed by atoms with Gasteiger partial charge >= 0.3 is 0 Å². The topological polar surface area (TPSA) is 98.1 Å².